The van der Waals surface area contributed by atoms with E-state index in [9.17, 15) is 19.2 Å². The number of carbonyl (C=O) groups excluding carboxylic acids is 4. The number of hydrogen-bond donors (Lipinski definition) is 4. The minimum Gasteiger partial charge on any atom is -0.512 e. The molecule has 0 aliphatic heterocycles. The monoisotopic (exact) mass is 602 g/mol. The molecule has 0 saturated carbocycles. The molecular formula is C28H48O8Zr. The van der Waals surface area contributed by atoms with E-state index in [2.05, 4.69) is 0 Å². The Morgan fingerprint density at radius 2 is 0.568 bits per heavy atom. The van der Waals surface area contributed by atoms with E-state index >= 15 is 0 Å². The second-order valence-corrected chi connectivity index (χ2v) is 7.99. The maximum absolute atomic E-state index is 10.3. The van der Waals surface area contributed by atoms with Crippen LogP contribution in [-0.4, -0.2) is 43.6 Å². The van der Waals surface area contributed by atoms with Gasteiger partial charge in [0.15, 0.2) is 23.1 Å². The Labute approximate surface area is 242 Å². The van der Waals surface area contributed by atoms with Crippen molar-refractivity contribution >= 4 is 23.1 Å². The average Bonchev–Trinajstić information content (AvgIpc) is 2.68. The van der Waals surface area contributed by atoms with Crippen LogP contribution in [0.15, 0.2) is 47.3 Å². The van der Waals surface area contributed by atoms with E-state index in [4.69, 9.17) is 20.4 Å². The van der Waals surface area contributed by atoms with Crippen molar-refractivity contribution < 1.29 is 65.8 Å². The van der Waals surface area contributed by atoms with Crippen LogP contribution in [0.2, 0.25) is 0 Å². The van der Waals surface area contributed by atoms with Crippen molar-refractivity contribution in [3.05, 3.63) is 47.3 Å². The van der Waals surface area contributed by atoms with Crippen LogP contribution in [0.5, 0.6) is 0 Å². The smallest absolute Gasteiger partial charge is 0.155 e. The fourth-order valence-corrected chi connectivity index (χ4v) is 2.25. The van der Waals surface area contributed by atoms with Crippen molar-refractivity contribution in [3.8, 4) is 0 Å². The molecule has 0 rings (SSSR count). The minimum atomic E-state index is -0.0963. The van der Waals surface area contributed by atoms with Crippen LogP contribution < -0.4 is 0 Å². The molecule has 0 fully saturated rings. The molecule has 0 amide bonds. The summed E-state index contributed by atoms with van der Waals surface area (Å²) in [5.41, 5.74) is 0. The summed E-state index contributed by atoms with van der Waals surface area (Å²) in [6.45, 7) is 13.5. The summed E-state index contributed by atoms with van der Waals surface area (Å²) in [7, 11) is 0. The summed E-state index contributed by atoms with van der Waals surface area (Å²) in [4.78, 5) is 41.2. The van der Waals surface area contributed by atoms with E-state index in [0.717, 1.165) is 25.7 Å². The Morgan fingerprint density at radius 1 is 0.432 bits per heavy atom. The molecule has 0 bridgehead atoms. The van der Waals surface area contributed by atoms with Crippen molar-refractivity contribution in [2.24, 2.45) is 0 Å². The Bertz CT molecular complexity index is 634. The number of ketones is 4. The Morgan fingerprint density at radius 3 is 0.649 bits per heavy atom. The van der Waals surface area contributed by atoms with Gasteiger partial charge in [0.25, 0.3) is 0 Å². The summed E-state index contributed by atoms with van der Waals surface area (Å²) in [6.07, 6.45) is 10.9. The van der Waals surface area contributed by atoms with Gasteiger partial charge < -0.3 is 20.4 Å². The van der Waals surface area contributed by atoms with Gasteiger partial charge in [-0.2, -0.15) is 0 Å². The van der Waals surface area contributed by atoms with Gasteiger partial charge in [-0.1, -0.05) is 27.7 Å². The van der Waals surface area contributed by atoms with E-state index in [0.29, 0.717) is 25.7 Å². The Hall–Kier alpha value is -2.28. The first-order valence-corrected chi connectivity index (χ1v) is 12.3. The van der Waals surface area contributed by atoms with E-state index in [1.54, 1.807) is 0 Å². The van der Waals surface area contributed by atoms with E-state index in [1.165, 1.54) is 52.0 Å². The van der Waals surface area contributed by atoms with Crippen LogP contribution in [0.3, 0.4) is 0 Å². The third-order valence-electron chi connectivity index (χ3n) is 3.50. The fraction of sp³-hybridized carbons (Fsp3) is 0.571. The molecule has 0 aliphatic rings. The molecule has 0 saturated heterocycles. The molecule has 0 unspecified atom stereocenters. The van der Waals surface area contributed by atoms with Gasteiger partial charge in [-0.05, 0) is 53.4 Å². The topological polar surface area (TPSA) is 149 Å². The predicted molar refractivity (Wildman–Crippen MR) is 145 cm³/mol. The SMILES string of the molecule is CCC/C(O)=C/C(C)=O.CCC/C(O)=C/C(C)=O.CCC/C(O)=C/C(C)=O.CCC/C(O)=C/C(C)=O.[Zr]. The van der Waals surface area contributed by atoms with E-state index in [-0.39, 0.29) is 72.4 Å². The summed E-state index contributed by atoms with van der Waals surface area (Å²) >= 11 is 0. The van der Waals surface area contributed by atoms with Crippen LogP contribution >= 0.6 is 0 Å². The zero-order valence-electron chi connectivity index (χ0n) is 23.9. The van der Waals surface area contributed by atoms with Crippen molar-refractivity contribution in [1.82, 2.24) is 0 Å². The van der Waals surface area contributed by atoms with Gasteiger partial charge in [-0.3, -0.25) is 19.2 Å². The number of carbonyl (C=O) groups is 4. The van der Waals surface area contributed by atoms with Crippen molar-refractivity contribution in [2.75, 3.05) is 0 Å². The number of aliphatic hydroxyl groups excluding tert-OH is 4. The largest absolute Gasteiger partial charge is 0.512 e. The zero-order chi connectivity index (χ0) is 29.1. The molecule has 37 heavy (non-hydrogen) atoms. The zero-order valence-corrected chi connectivity index (χ0v) is 26.3. The van der Waals surface area contributed by atoms with Crippen LogP contribution in [0.1, 0.15) is 107 Å². The molecule has 0 aromatic carbocycles. The third kappa shape index (κ3) is 51.3. The van der Waals surface area contributed by atoms with Gasteiger partial charge in [0.2, 0.25) is 0 Å². The van der Waals surface area contributed by atoms with E-state index < -0.39 is 0 Å². The van der Waals surface area contributed by atoms with Gasteiger partial charge in [0, 0.05) is 76.2 Å². The van der Waals surface area contributed by atoms with Crippen molar-refractivity contribution in [3.63, 3.8) is 0 Å². The third-order valence-corrected chi connectivity index (χ3v) is 3.50. The first-order valence-electron chi connectivity index (χ1n) is 12.3. The number of hydrogen-bond acceptors (Lipinski definition) is 8. The molecule has 0 aromatic heterocycles. The number of aliphatic hydroxyl groups is 4. The van der Waals surface area contributed by atoms with Gasteiger partial charge in [0.1, 0.15) is 0 Å². The number of rotatable bonds is 12. The maximum atomic E-state index is 10.3. The van der Waals surface area contributed by atoms with Crippen molar-refractivity contribution in [1.29, 1.82) is 0 Å². The molecule has 8 nitrogen and oxygen atoms in total. The minimum absolute atomic E-state index is 0. The molecular weight excluding hydrogens is 556 g/mol. The molecule has 4 N–H and O–H groups in total. The molecule has 0 atom stereocenters. The molecule has 0 radical (unpaired) electrons. The normalized spacial score (nSPS) is 11.2. The van der Waals surface area contributed by atoms with Crippen molar-refractivity contribution in [2.45, 2.75) is 107 Å². The van der Waals surface area contributed by atoms with Gasteiger partial charge in [-0.15, -0.1) is 0 Å². The molecule has 9 heteroatoms. The fourth-order valence-electron chi connectivity index (χ4n) is 2.25. The quantitative estimate of drug-likeness (QED) is 0.134. The molecule has 212 valence electrons. The van der Waals surface area contributed by atoms with Crippen LogP contribution in [-0.2, 0) is 45.4 Å². The number of allylic oxidation sites excluding steroid dienone is 8. The second-order valence-electron chi connectivity index (χ2n) is 7.99. The van der Waals surface area contributed by atoms with Gasteiger partial charge in [-0.25, -0.2) is 0 Å². The van der Waals surface area contributed by atoms with Gasteiger partial charge in [0.05, 0.1) is 23.0 Å². The second kappa shape index (κ2) is 31.8. The Balaban J connectivity index is -0.000000122. The summed E-state index contributed by atoms with van der Waals surface area (Å²) in [6, 6.07) is 0. The molecule has 0 aliphatic carbocycles. The Kier molecular flexibility index (Phi) is 38.4. The standard InChI is InChI=1S/4C7H12O2.Zr/c4*1-3-4-7(9)5-6(2)8;/h4*5,9H,3-4H2,1-2H3;/b4*7-5-;. The van der Waals surface area contributed by atoms with E-state index in [1.807, 2.05) is 27.7 Å². The van der Waals surface area contributed by atoms with Crippen LogP contribution in [0.4, 0.5) is 0 Å². The molecule has 0 spiro atoms. The molecule has 0 aromatic rings. The summed E-state index contributed by atoms with van der Waals surface area (Å²) in [5.74, 6) is 0.355. The summed E-state index contributed by atoms with van der Waals surface area (Å²) in [5, 5.41) is 35.4. The molecule has 0 heterocycles. The average molecular weight is 604 g/mol. The first kappa shape index (κ1) is 44.7. The summed E-state index contributed by atoms with van der Waals surface area (Å²) < 4.78 is 0. The first-order chi connectivity index (χ1) is 16.7. The maximum Gasteiger partial charge on any atom is 0.155 e. The van der Waals surface area contributed by atoms with Gasteiger partial charge >= 0.3 is 0 Å². The van der Waals surface area contributed by atoms with Crippen LogP contribution in [0, 0.1) is 0 Å². The predicted octanol–water partition coefficient (Wildman–Crippen LogP) is 7.27. The van der Waals surface area contributed by atoms with Crippen LogP contribution in [0.25, 0.3) is 0 Å².